The summed E-state index contributed by atoms with van der Waals surface area (Å²) in [6.07, 6.45) is 18.2. The van der Waals surface area contributed by atoms with Crippen LogP contribution in [0, 0.1) is 0 Å². The van der Waals surface area contributed by atoms with Crippen LogP contribution in [0.25, 0.3) is 0 Å². The highest BCUT2D eigenvalue weighted by Gasteiger charge is 1.96. The summed E-state index contributed by atoms with van der Waals surface area (Å²) in [6, 6.07) is 0. The van der Waals surface area contributed by atoms with Gasteiger partial charge in [0.2, 0.25) is 0 Å². The minimum atomic E-state index is -0.753. The summed E-state index contributed by atoms with van der Waals surface area (Å²) in [7, 11) is 0. The van der Waals surface area contributed by atoms with Crippen molar-refractivity contribution in [3.8, 4) is 0 Å². The van der Waals surface area contributed by atoms with E-state index in [9.17, 15) is 9.90 Å². The number of aliphatic hydroxyl groups is 1. The van der Waals surface area contributed by atoms with E-state index in [1.54, 1.807) is 0 Å². The Kier molecular flexibility index (Phi) is 13.1. The van der Waals surface area contributed by atoms with Crippen molar-refractivity contribution in [3.05, 3.63) is 36.5 Å². The zero-order valence-corrected chi connectivity index (χ0v) is 12.5. The number of allylic oxidation sites excluding steroid dienone is 5. The highest BCUT2D eigenvalue weighted by Crippen LogP contribution is 2.04. The van der Waals surface area contributed by atoms with Crippen molar-refractivity contribution in [2.24, 2.45) is 0 Å². The smallest absolute Gasteiger partial charge is 0.303 e. The molecule has 0 saturated heterocycles. The molecule has 0 radical (unpaired) electrons. The first-order chi connectivity index (χ1) is 9.66. The molecule has 0 bridgehead atoms. The fourth-order valence-electron chi connectivity index (χ4n) is 1.70. The van der Waals surface area contributed by atoms with Crippen LogP contribution >= 0.6 is 0 Å². The van der Waals surface area contributed by atoms with Gasteiger partial charge < -0.3 is 10.2 Å². The molecule has 0 aromatic heterocycles. The first-order valence-corrected chi connectivity index (χ1v) is 7.55. The van der Waals surface area contributed by atoms with Crippen molar-refractivity contribution in [1.29, 1.82) is 0 Å². The average molecular weight is 280 g/mol. The third-order valence-corrected chi connectivity index (χ3v) is 2.88. The van der Waals surface area contributed by atoms with Crippen molar-refractivity contribution in [2.75, 3.05) is 0 Å². The molecule has 114 valence electrons. The third kappa shape index (κ3) is 14.7. The van der Waals surface area contributed by atoms with Crippen LogP contribution < -0.4 is 0 Å². The van der Waals surface area contributed by atoms with Crippen molar-refractivity contribution in [2.45, 2.75) is 64.4 Å². The fourth-order valence-corrected chi connectivity index (χ4v) is 1.70. The molecule has 0 aromatic carbocycles. The number of aliphatic hydroxyl groups excluding tert-OH is 1. The monoisotopic (exact) mass is 280 g/mol. The summed E-state index contributed by atoms with van der Waals surface area (Å²) >= 11 is 0. The van der Waals surface area contributed by atoms with E-state index in [0.29, 0.717) is 6.42 Å². The maximum absolute atomic E-state index is 10.3. The number of carbonyl (C=O) groups is 1. The van der Waals surface area contributed by atoms with Crippen LogP contribution in [0.4, 0.5) is 0 Å². The summed E-state index contributed by atoms with van der Waals surface area (Å²) in [4.78, 5) is 10.3. The fraction of sp³-hybridized carbons (Fsp3) is 0.588. The lowest BCUT2D eigenvalue weighted by Crippen LogP contribution is -2.00. The van der Waals surface area contributed by atoms with Crippen LogP contribution in [0.15, 0.2) is 36.5 Å². The Hall–Kier alpha value is -1.35. The maximum Gasteiger partial charge on any atom is 0.303 e. The molecule has 0 aliphatic heterocycles. The van der Waals surface area contributed by atoms with Crippen LogP contribution in [0.1, 0.15) is 58.3 Å². The molecule has 1 unspecified atom stereocenters. The van der Waals surface area contributed by atoms with Gasteiger partial charge in [-0.05, 0) is 25.7 Å². The minimum Gasteiger partial charge on any atom is -0.481 e. The molecule has 0 aliphatic carbocycles. The van der Waals surface area contributed by atoms with E-state index in [1.807, 2.05) is 30.4 Å². The predicted molar refractivity (Wildman–Crippen MR) is 83.7 cm³/mol. The number of hydrogen-bond donors (Lipinski definition) is 2. The predicted octanol–water partition coefficient (Wildman–Crippen LogP) is 4.24. The molecule has 3 heteroatoms. The summed E-state index contributed by atoms with van der Waals surface area (Å²) < 4.78 is 0. The van der Waals surface area contributed by atoms with E-state index in [4.69, 9.17) is 5.11 Å². The lowest BCUT2D eigenvalue weighted by molar-refractivity contribution is -0.136. The van der Waals surface area contributed by atoms with Gasteiger partial charge in [-0.2, -0.15) is 0 Å². The van der Waals surface area contributed by atoms with Crippen LogP contribution in [0.2, 0.25) is 0 Å². The Morgan fingerprint density at radius 1 is 1.05 bits per heavy atom. The molecule has 2 N–H and O–H groups in total. The number of unbranched alkanes of at least 4 members (excludes halogenated alkanes) is 3. The van der Waals surface area contributed by atoms with Gasteiger partial charge in [0.1, 0.15) is 0 Å². The van der Waals surface area contributed by atoms with Gasteiger partial charge in [-0.3, -0.25) is 4.79 Å². The van der Waals surface area contributed by atoms with Gasteiger partial charge in [0.15, 0.2) is 0 Å². The number of hydrogen-bond acceptors (Lipinski definition) is 2. The molecular weight excluding hydrogens is 252 g/mol. The molecular formula is C17H28O3. The highest BCUT2D eigenvalue weighted by molar-refractivity contribution is 5.66. The molecule has 3 nitrogen and oxygen atoms in total. The Labute approximate surface area is 122 Å². The second kappa shape index (κ2) is 14.1. The van der Waals surface area contributed by atoms with Gasteiger partial charge >= 0.3 is 5.97 Å². The molecule has 0 saturated carbocycles. The van der Waals surface area contributed by atoms with E-state index in [2.05, 4.69) is 13.0 Å². The zero-order chi connectivity index (χ0) is 15.1. The molecule has 0 rings (SSSR count). The lowest BCUT2D eigenvalue weighted by Gasteiger charge is -2.02. The lowest BCUT2D eigenvalue weighted by atomic mass is 10.1. The van der Waals surface area contributed by atoms with Gasteiger partial charge in [0.25, 0.3) is 0 Å². The molecule has 0 spiro atoms. The number of rotatable bonds is 12. The van der Waals surface area contributed by atoms with E-state index >= 15 is 0 Å². The van der Waals surface area contributed by atoms with Gasteiger partial charge in [0, 0.05) is 6.42 Å². The van der Waals surface area contributed by atoms with Crippen LogP contribution in [-0.2, 0) is 4.79 Å². The second-order valence-corrected chi connectivity index (χ2v) is 4.86. The quantitative estimate of drug-likeness (QED) is 0.319. The number of carboxylic acid groups (broad SMARTS) is 1. The molecule has 0 fully saturated rings. The highest BCUT2D eigenvalue weighted by atomic mass is 16.4. The normalized spacial score (nSPS) is 13.7. The summed E-state index contributed by atoms with van der Waals surface area (Å²) in [6.45, 7) is 2.15. The Morgan fingerprint density at radius 2 is 1.75 bits per heavy atom. The average Bonchev–Trinajstić information content (AvgIpc) is 2.41. The third-order valence-electron chi connectivity index (χ3n) is 2.88. The second-order valence-electron chi connectivity index (χ2n) is 4.86. The molecule has 0 amide bonds. The van der Waals surface area contributed by atoms with Gasteiger partial charge in [-0.15, -0.1) is 0 Å². The van der Waals surface area contributed by atoms with Crippen LogP contribution in [0.5, 0.6) is 0 Å². The molecule has 1 atom stereocenters. The first kappa shape index (κ1) is 18.7. The molecule has 20 heavy (non-hydrogen) atoms. The van der Waals surface area contributed by atoms with E-state index in [-0.39, 0.29) is 12.5 Å². The Bertz CT molecular complexity index is 316. The van der Waals surface area contributed by atoms with Gasteiger partial charge in [0.05, 0.1) is 6.10 Å². The summed E-state index contributed by atoms with van der Waals surface area (Å²) in [5.74, 6) is -0.753. The van der Waals surface area contributed by atoms with Crippen LogP contribution in [0.3, 0.4) is 0 Å². The largest absolute Gasteiger partial charge is 0.481 e. The molecule has 0 aliphatic rings. The van der Waals surface area contributed by atoms with E-state index in [1.165, 1.54) is 12.8 Å². The van der Waals surface area contributed by atoms with Gasteiger partial charge in [-0.1, -0.05) is 62.6 Å². The summed E-state index contributed by atoms with van der Waals surface area (Å²) in [5, 5.41) is 18.1. The zero-order valence-electron chi connectivity index (χ0n) is 12.5. The Morgan fingerprint density at radius 3 is 2.45 bits per heavy atom. The number of carboxylic acids is 1. The van der Waals surface area contributed by atoms with E-state index < -0.39 is 5.97 Å². The van der Waals surface area contributed by atoms with Crippen molar-refractivity contribution < 1.29 is 15.0 Å². The summed E-state index contributed by atoms with van der Waals surface area (Å²) in [5.41, 5.74) is 0. The van der Waals surface area contributed by atoms with Crippen molar-refractivity contribution >= 4 is 5.97 Å². The molecule has 0 aromatic rings. The van der Waals surface area contributed by atoms with Gasteiger partial charge in [-0.25, -0.2) is 0 Å². The van der Waals surface area contributed by atoms with E-state index in [0.717, 1.165) is 25.7 Å². The van der Waals surface area contributed by atoms with Crippen LogP contribution in [-0.4, -0.2) is 22.3 Å². The topological polar surface area (TPSA) is 57.5 Å². The first-order valence-electron chi connectivity index (χ1n) is 7.55. The Balaban J connectivity index is 3.53. The van der Waals surface area contributed by atoms with Crippen molar-refractivity contribution in [1.82, 2.24) is 0 Å². The maximum atomic E-state index is 10.3. The molecule has 0 heterocycles. The van der Waals surface area contributed by atoms with Crippen molar-refractivity contribution in [3.63, 3.8) is 0 Å². The number of aliphatic carboxylic acids is 1. The minimum absolute atomic E-state index is 0.199. The standard InChI is InChI=1S/C17H28O3/c1-2-3-10-13-16(18)14-11-8-6-4-5-7-9-12-15-17(19)20/h6-9,11,14,16,18H,2-5,10,12-13,15H2,1H3,(H,19,20). The SMILES string of the molecule is CCCCCC(O)C=CC=CCCC=CCCC(=O)O.